The Morgan fingerprint density at radius 1 is 1.10 bits per heavy atom. The lowest BCUT2D eigenvalue weighted by Crippen LogP contribution is -2.24. The van der Waals surface area contributed by atoms with Crippen molar-refractivity contribution < 1.29 is 30.7 Å². The number of halogens is 7. The molecular weight excluding hydrogens is 437 g/mol. The summed E-state index contributed by atoms with van der Waals surface area (Å²) in [5, 5.41) is 3.39. The number of hydrogen-bond donors (Lipinski definition) is 2. The Morgan fingerprint density at radius 3 is 2.32 bits per heavy atom. The fourth-order valence-electron chi connectivity index (χ4n) is 3.63. The lowest BCUT2D eigenvalue weighted by Gasteiger charge is -2.19. The standard InChI is InChI=1S/C18H13F7N4O2/c19-10-5-8(3-4-9(10)18(23,24)25)13(7-1-2-7)29-14-12(15(30)27-16(31)26-14)11(28-29)6-17(20,21)22/h3-5,7,13H,1-2,6H2,(H2,26,27,30,31)/t13-/m1/s1. The van der Waals surface area contributed by atoms with Crippen molar-refractivity contribution in [1.29, 1.82) is 0 Å². The zero-order valence-electron chi connectivity index (χ0n) is 15.4. The van der Waals surface area contributed by atoms with Crippen molar-refractivity contribution in [2.45, 2.75) is 37.7 Å². The van der Waals surface area contributed by atoms with E-state index in [1.807, 2.05) is 4.98 Å². The van der Waals surface area contributed by atoms with Gasteiger partial charge >= 0.3 is 18.0 Å². The molecule has 1 fully saturated rings. The summed E-state index contributed by atoms with van der Waals surface area (Å²) >= 11 is 0. The van der Waals surface area contributed by atoms with Gasteiger partial charge in [-0.3, -0.25) is 14.8 Å². The van der Waals surface area contributed by atoms with Crippen molar-refractivity contribution >= 4 is 11.0 Å². The third-order valence-corrected chi connectivity index (χ3v) is 5.01. The van der Waals surface area contributed by atoms with E-state index in [1.165, 1.54) is 0 Å². The van der Waals surface area contributed by atoms with Crippen LogP contribution in [-0.2, 0) is 12.6 Å². The average Bonchev–Trinajstić information content (AvgIpc) is 3.36. The summed E-state index contributed by atoms with van der Waals surface area (Å²) in [4.78, 5) is 28.0. The molecule has 0 radical (unpaired) electrons. The normalized spacial score (nSPS) is 16.1. The smallest absolute Gasteiger partial charge is 0.292 e. The number of nitrogens with zero attached hydrogens (tertiary/aromatic N) is 2. The molecule has 0 unspecified atom stereocenters. The monoisotopic (exact) mass is 450 g/mol. The van der Waals surface area contributed by atoms with Gasteiger partial charge in [-0.2, -0.15) is 31.4 Å². The maximum Gasteiger partial charge on any atom is 0.419 e. The van der Waals surface area contributed by atoms with Crippen LogP contribution in [0, 0.1) is 11.7 Å². The first-order valence-electron chi connectivity index (χ1n) is 9.02. The Labute approximate surface area is 167 Å². The lowest BCUT2D eigenvalue weighted by atomic mass is 10.0. The summed E-state index contributed by atoms with van der Waals surface area (Å²) in [6.07, 6.45) is -10.1. The maximum atomic E-state index is 14.2. The quantitative estimate of drug-likeness (QED) is 0.595. The van der Waals surface area contributed by atoms with Crippen molar-refractivity contribution in [3.05, 3.63) is 61.7 Å². The van der Waals surface area contributed by atoms with Crippen molar-refractivity contribution in [1.82, 2.24) is 19.7 Å². The first-order chi connectivity index (χ1) is 14.3. The highest BCUT2D eigenvalue weighted by Gasteiger charge is 2.40. The minimum Gasteiger partial charge on any atom is -0.292 e. The van der Waals surface area contributed by atoms with Crippen LogP contribution < -0.4 is 11.2 Å². The van der Waals surface area contributed by atoms with Gasteiger partial charge < -0.3 is 0 Å². The van der Waals surface area contributed by atoms with Crippen LogP contribution in [0.4, 0.5) is 30.7 Å². The molecule has 0 bridgehead atoms. The number of benzene rings is 1. The van der Waals surface area contributed by atoms with Gasteiger partial charge in [0, 0.05) is 0 Å². The van der Waals surface area contributed by atoms with Gasteiger partial charge in [-0.25, -0.2) is 13.9 Å². The van der Waals surface area contributed by atoms with Crippen LogP contribution in [0.2, 0.25) is 0 Å². The van der Waals surface area contributed by atoms with E-state index >= 15 is 0 Å². The second-order valence-electron chi connectivity index (χ2n) is 7.33. The van der Waals surface area contributed by atoms with Gasteiger partial charge in [0.25, 0.3) is 5.56 Å². The Morgan fingerprint density at radius 2 is 1.77 bits per heavy atom. The highest BCUT2D eigenvalue weighted by atomic mass is 19.4. The molecule has 2 aromatic heterocycles. The lowest BCUT2D eigenvalue weighted by molar-refractivity contribution is -0.140. The molecule has 2 N–H and O–H groups in total. The Balaban J connectivity index is 1.92. The molecule has 2 heterocycles. The van der Waals surface area contributed by atoms with Crippen molar-refractivity contribution in [2.75, 3.05) is 0 Å². The van der Waals surface area contributed by atoms with Gasteiger partial charge in [0.05, 0.1) is 23.7 Å². The largest absolute Gasteiger partial charge is 0.419 e. The predicted octanol–water partition coefficient (Wildman–Crippen LogP) is 3.68. The number of rotatable bonds is 4. The number of fused-ring (bicyclic) bond motifs is 1. The van der Waals surface area contributed by atoms with Crippen molar-refractivity contribution in [2.24, 2.45) is 5.92 Å². The zero-order valence-corrected chi connectivity index (χ0v) is 15.4. The molecule has 6 nitrogen and oxygen atoms in total. The minimum absolute atomic E-state index is 0.0251. The molecule has 1 aliphatic rings. The molecule has 1 aromatic carbocycles. The number of hydrogen-bond acceptors (Lipinski definition) is 3. The molecule has 166 valence electrons. The molecule has 31 heavy (non-hydrogen) atoms. The van der Waals surface area contributed by atoms with E-state index in [2.05, 4.69) is 10.1 Å². The van der Waals surface area contributed by atoms with Gasteiger partial charge in [0.15, 0.2) is 0 Å². The SMILES string of the molecule is O=c1[nH]c(=O)c2c(CC(F)(F)F)nn([C@@H](c3ccc(C(F)(F)F)c(F)c3)C3CC3)c2[nH]1. The molecule has 0 aliphatic heterocycles. The van der Waals surface area contributed by atoms with Crippen LogP contribution in [0.5, 0.6) is 0 Å². The zero-order chi connectivity index (χ0) is 22.7. The van der Waals surface area contributed by atoms with E-state index in [-0.39, 0.29) is 17.1 Å². The Kier molecular flexibility index (Phi) is 4.74. The minimum atomic E-state index is -4.92. The first-order valence-corrected chi connectivity index (χ1v) is 9.02. The molecule has 1 aliphatic carbocycles. The predicted molar refractivity (Wildman–Crippen MR) is 93.0 cm³/mol. The molecule has 0 amide bonds. The topological polar surface area (TPSA) is 83.5 Å². The second-order valence-corrected chi connectivity index (χ2v) is 7.33. The van der Waals surface area contributed by atoms with Gasteiger partial charge in [0.2, 0.25) is 0 Å². The van der Waals surface area contributed by atoms with Crippen LogP contribution >= 0.6 is 0 Å². The number of aromatic amines is 2. The Bertz CT molecular complexity index is 1270. The van der Waals surface area contributed by atoms with Crippen molar-refractivity contribution in [3.8, 4) is 0 Å². The number of aromatic nitrogens is 4. The molecule has 0 spiro atoms. The van der Waals surface area contributed by atoms with E-state index in [0.29, 0.717) is 25.0 Å². The highest BCUT2D eigenvalue weighted by molar-refractivity contribution is 5.77. The van der Waals surface area contributed by atoms with Gasteiger partial charge in [0.1, 0.15) is 16.9 Å². The van der Waals surface area contributed by atoms with E-state index in [9.17, 15) is 40.3 Å². The molecule has 0 saturated heterocycles. The first kappa shape index (κ1) is 21.1. The van der Waals surface area contributed by atoms with E-state index in [1.54, 1.807) is 0 Å². The highest BCUT2D eigenvalue weighted by Crippen LogP contribution is 2.45. The third kappa shape index (κ3) is 4.08. The van der Waals surface area contributed by atoms with E-state index < -0.39 is 58.5 Å². The number of nitrogens with one attached hydrogen (secondary N) is 2. The number of H-pyrrole nitrogens is 2. The summed E-state index contributed by atoms with van der Waals surface area (Å²) < 4.78 is 92.8. The summed E-state index contributed by atoms with van der Waals surface area (Å²) in [5.74, 6) is -1.82. The van der Waals surface area contributed by atoms with Gasteiger partial charge in [-0.1, -0.05) is 6.07 Å². The molecule has 4 rings (SSSR count). The fraction of sp³-hybridized carbons (Fsp3) is 0.389. The number of alkyl halides is 6. The van der Waals surface area contributed by atoms with Crippen LogP contribution in [0.15, 0.2) is 27.8 Å². The molecule has 1 atom stereocenters. The van der Waals surface area contributed by atoms with Crippen LogP contribution in [0.1, 0.15) is 35.7 Å². The fourth-order valence-corrected chi connectivity index (χ4v) is 3.63. The van der Waals surface area contributed by atoms with Crippen molar-refractivity contribution in [3.63, 3.8) is 0 Å². The summed E-state index contributed by atoms with van der Waals surface area (Å²) in [6.45, 7) is 0. The van der Waals surface area contributed by atoms with Crippen LogP contribution in [-0.4, -0.2) is 25.9 Å². The van der Waals surface area contributed by atoms with Crippen LogP contribution in [0.25, 0.3) is 11.0 Å². The summed E-state index contributed by atoms with van der Waals surface area (Å²) in [6, 6.07) is 1.22. The third-order valence-electron chi connectivity index (χ3n) is 5.01. The molecule has 3 aromatic rings. The van der Waals surface area contributed by atoms with Crippen LogP contribution in [0.3, 0.4) is 0 Å². The molecule has 13 heteroatoms. The van der Waals surface area contributed by atoms with E-state index in [4.69, 9.17) is 0 Å². The van der Waals surface area contributed by atoms with Gasteiger partial charge in [-0.15, -0.1) is 0 Å². The maximum absolute atomic E-state index is 14.2. The second kappa shape index (κ2) is 6.95. The molecule has 1 saturated carbocycles. The van der Waals surface area contributed by atoms with Gasteiger partial charge in [-0.05, 0) is 36.5 Å². The molecular formula is C18H13F7N4O2. The summed E-state index contributed by atoms with van der Waals surface area (Å²) in [7, 11) is 0. The summed E-state index contributed by atoms with van der Waals surface area (Å²) in [5.41, 5.74) is -4.51. The van der Waals surface area contributed by atoms with E-state index in [0.717, 1.165) is 10.7 Å². The average molecular weight is 450 g/mol. The Hall–Kier alpha value is -3.12.